The fourth-order valence-electron chi connectivity index (χ4n) is 1.84. The minimum absolute atomic E-state index is 0.344. The minimum atomic E-state index is -0.344. The summed E-state index contributed by atoms with van der Waals surface area (Å²) in [6, 6.07) is 8.92. The van der Waals surface area contributed by atoms with Crippen molar-refractivity contribution in [2.24, 2.45) is 0 Å². The summed E-state index contributed by atoms with van der Waals surface area (Å²) >= 11 is 0. The maximum absolute atomic E-state index is 9.93. The molecule has 1 rings (SSSR count). The second kappa shape index (κ2) is 7.39. The summed E-state index contributed by atoms with van der Waals surface area (Å²) in [6.07, 6.45) is 0.716. The molecular weight excluding hydrogens is 224 g/mol. The number of nitrogens with zero attached hydrogens (tertiary/aromatic N) is 1. The van der Waals surface area contributed by atoms with Gasteiger partial charge in [0.05, 0.1) is 6.10 Å². The SMILES string of the molecule is CCc1ccc(N(C)CC(O)CNC(C)C)cc1. The van der Waals surface area contributed by atoms with E-state index in [-0.39, 0.29) is 6.10 Å². The van der Waals surface area contributed by atoms with Crippen LogP contribution < -0.4 is 10.2 Å². The molecule has 2 N–H and O–H groups in total. The maximum Gasteiger partial charge on any atom is 0.0839 e. The Labute approximate surface area is 111 Å². The van der Waals surface area contributed by atoms with E-state index in [9.17, 15) is 5.11 Å². The van der Waals surface area contributed by atoms with Gasteiger partial charge in [0.1, 0.15) is 0 Å². The van der Waals surface area contributed by atoms with Crippen molar-refractivity contribution in [3.63, 3.8) is 0 Å². The van der Waals surface area contributed by atoms with E-state index in [1.807, 2.05) is 7.05 Å². The highest BCUT2D eigenvalue weighted by molar-refractivity contribution is 5.46. The lowest BCUT2D eigenvalue weighted by Crippen LogP contribution is -2.38. The molecule has 0 aliphatic carbocycles. The third-order valence-electron chi connectivity index (χ3n) is 3.03. The van der Waals surface area contributed by atoms with Crippen molar-refractivity contribution in [3.05, 3.63) is 29.8 Å². The second-order valence-electron chi connectivity index (χ2n) is 5.12. The molecule has 18 heavy (non-hydrogen) atoms. The first-order chi connectivity index (χ1) is 8.52. The number of hydrogen-bond acceptors (Lipinski definition) is 3. The molecule has 0 aliphatic heterocycles. The van der Waals surface area contributed by atoms with Gasteiger partial charge in [-0.3, -0.25) is 0 Å². The number of likely N-dealkylation sites (N-methyl/N-ethyl adjacent to an activating group) is 1. The molecule has 0 spiro atoms. The molecule has 1 unspecified atom stereocenters. The quantitative estimate of drug-likeness (QED) is 0.777. The fraction of sp³-hybridized carbons (Fsp3) is 0.600. The largest absolute Gasteiger partial charge is 0.390 e. The molecule has 0 saturated carbocycles. The highest BCUT2D eigenvalue weighted by atomic mass is 16.3. The zero-order chi connectivity index (χ0) is 13.5. The van der Waals surface area contributed by atoms with Crippen LogP contribution in [-0.4, -0.2) is 37.4 Å². The zero-order valence-corrected chi connectivity index (χ0v) is 12.0. The van der Waals surface area contributed by atoms with Crippen LogP contribution in [0.3, 0.4) is 0 Å². The van der Waals surface area contributed by atoms with Crippen LogP contribution in [0.2, 0.25) is 0 Å². The standard InChI is InChI=1S/C15H26N2O/c1-5-13-6-8-14(9-7-13)17(4)11-15(18)10-16-12(2)3/h6-9,12,15-16,18H,5,10-11H2,1-4H3. The lowest BCUT2D eigenvalue weighted by molar-refractivity contribution is 0.175. The summed E-state index contributed by atoms with van der Waals surface area (Å²) in [5.74, 6) is 0. The number of hydrogen-bond donors (Lipinski definition) is 2. The van der Waals surface area contributed by atoms with Crippen molar-refractivity contribution >= 4 is 5.69 Å². The Morgan fingerprint density at radius 1 is 1.22 bits per heavy atom. The first-order valence-electron chi connectivity index (χ1n) is 6.74. The maximum atomic E-state index is 9.93. The Balaban J connectivity index is 2.45. The smallest absolute Gasteiger partial charge is 0.0839 e. The van der Waals surface area contributed by atoms with Crippen molar-refractivity contribution in [2.75, 3.05) is 25.0 Å². The van der Waals surface area contributed by atoms with Crippen LogP contribution in [0.4, 0.5) is 5.69 Å². The normalized spacial score (nSPS) is 12.8. The third kappa shape index (κ3) is 5.07. The number of nitrogens with one attached hydrogen (secondary N) is 1. The van der Waals surface area contributed by atoms with Gasteiger partial charge in [0.2, 0.25) is 0 Å². The molecule has 0 bridgehead atoms. The molecule has 102 valence electrons. The average molecular weight is 250 g/mol. The molecule has 0 heterocycles. The molecule has 3 nitrogen and oxygen atoms in total. The molecule has 1 aromatic rings. The van der Waals surface area contributed by atoms with Gasteiger partial charge in [0.25, 0.3) is 0 Å². The lowest BCUT2D eigenvalue weighted by Gasteiger charge is -2.23. The van der Waals surface area contributed by atoms with Crippen LogP contribution in [0, 0.1) is 0 Å². The predicted octanol–water partition coefficient (Wildman–Crippen LogP) is 2.04. The Hall–Kier alpha value is -1.06. The summed E-state index contributed by atoms with van der Waals surface area (Å²) in [4.78, 5) is 2.09. The fourth-order valence-corrected chi connectivity index (χ4v) is 1.84. The summed E-state index contributed by atoms with van der Waals surface area (Å²) in [5, 5.41) is 13.2. The molecule has 0 radical (unpaired) electrons. The first-order valence-corrected chi connectivity index (χ1v) is 6.74. The van der Waals surface area contributed by atoms with Crippen molar-refractivity contribution in [1.82, 2.24) is 5.32 Å². The zero-order valence-electron chi connectivity index (χ0n) is 12.0. The lowest BCUT2D eigenvalue weighted by atomic mass is 10.1. The van der Waals surface area contributed by atoms with E-state index in [1.165, 1.54) is 5.56 Å². The summed E-state index contributed by atoms with van der Waals surface area (Å²) in [6.45, 7) is 7.60. The molecule has 0 aliphatic rings. The van der Waals surface area contributed by atoms with Gasteiger partial charge in [0, 0.05) is 31.9 Å². The van der Waals surface area contributed by atoms with Crippen LogP contribution >= 0.6 is 0 Å². The Bertz CT molecular complexity index is 335. The molecule has 1 aromatic carbocycles. The number of benzene rings is 1. The molecule has 0 saturated heterocycles. The summed E-state index contributed by atoms with van der Waals surface area (Å²) < 4.78 is 0. The van der Waals surface area contributed by atoms with Gasteiger partial charge in [-0.15, -0.1) is 0 Å². The van der Waals surface area contributed by atoms with Crippen molar-refractivity contribution in [3.8, 4) is 0 Å². The number of aliphatic hydroxyl groups excluding tert-OH is 1. The van der Waals surface area contributed by atoms with Crippen LogP contribution in [-0.2, 0) is 6.42 Å². The van der Waals surface area contributed by atoms with Gasteiger partial charge in [-0.05, 0) is 24.1 Å². The number of rotatable bonds is 7. The molecular formula is C15H26N2O. The summed E-state index contributed by atoms with van der Waals surface area (Å²) in [7, 11) is 2.01. The van der Waals surface area contributed by atoms with Gasteiger partial charge in [0.15, 0.2) is 0 Å². The van der Waals surface area contributed by atoms with E-state index in [4.69, 9.17) is 0 Å². The van der Waals surface area contributed by atoms with Gasteiger partial charge >= 0.3 is 0 Å². The predicted molar refractivity (Wildman–Crippen MR) is 78.2 cm³/mol. The molecule has 0 amide bonds. The Morgan fingerprint density at radius 3 is 2.33 bits per heavy atom. The Morgan fingerprint density at radius 2 is 1.83 bits per heavy atom. The molecule has 1 atom stereocenters. The van der Waals surface area contributed by atoms with Crippen molar-refractivity contribution < 1.29 is 5.11 Å². The molecule has 0 fully saturated rings. The van der Waals surface area contributed by atoms with Crippen LogP contribution in [0.5, 0.6) is 0 Å². The summed E-state index contributed by atoms with van der Waals surface area (Å²) in [5.41, 5.74) is 2.49. The number of aryl methyl sites for hydroxylation is 1. The average Bonchev–Trinajstić information content (AvgIpc) is 2.36. The van der Waals surface area contributed by atoms with E-state index in [0.29, 0.717) is 19.1 Å². The topological polar surface area (TPSA) is 35.5 Å². The van der Waals surface area contributed by atoms with Crippen molar-refractivity contribution in [2.45, 2.75) is 39.3 Å². The monoisotopic (exact) mass is 250 g/mol. The van der Waals surface area contributed by atoms with Crippen molar-refractivity contribution in [1.29, 1.82) is 0 Å². The van der Waals surface area contributed by atoms with Crippen LogP contribution in [0.25, 0.3) is 0 Å². The van der Waals surface area contributed by atoms with Gasteiger partial charge < -0.3 is 15.3 Å². The van der Waals surface area contributed by atoms with E-state index in [2.05, 4.69) is 55.3 Å². The van der Waals surface area contributed by atoms with Crippen LogP contribution in [0.1, 0.15) is 26.3 Å². The van der Waals surface area contributed by atoms with E-state index >= 15 is 0 Å². The first kappa shape index (κ1) is 15.0. The molecule has 3 heteroatoms. The van der Waals surface area contributed by atoms with Gasteiger partial charge in [-0.2, -0.15) is 0 Å². The Kier molecular flexibility index (Phi) is 6.16. The number of aliphatic hydroxyl groups is 1. The van der Waals surface area contributed by atoms with Gasteiger partial charge in [-0.1, -0.05) is 32.9 Å². The van der Waals surface area contributed by atoms with Gasteiger partial charge in [-0.25, -0.2) is 0 Å². The van der Waals surface area contributed by atoms with E-state index in [1.54, 1.807) is 0 Å². The highest BCUT2D eigenvalue weighted by Crippen LogP contribution is 2.14. The van der Waals surface area contributed by atoms with E-state index < -0.39 is 0 Å². The number of anilines is 1. The second-order valence-corrected chi connectivity index (χ2v) is 5.12. The van der Waals surface area contributed by atoms with Crippen LogP contribution in [0.15, 0.2) is 24.3 Å². The highest BCUT2D eigenvalue weighted by Gasteiger charge is 2.09. The van der Waals surface area contributed by atoms with E-state index in [0.717, 1.165) is 12.1 Å². The third-order valence-corrected chi connectivity index (χ3v) is 3.03. The minimum Gasteiger partial charge on any atom is -0.390 e. The molecule has 0 aromatic heterocycles.